The number of ether oxygens (including phenoxy) is 3. The van der Waals surface area contributed by atoms with Gasteiger partial charge in [-0.05, 0) is 31.1 Å². The summed E-state index contributed by atoms with van der Waals surface area (Å²) in [6, 6.07) is 0. The molecule has 290 valence electrons. The molecule has 1 atom stereocenters. The molecule has 6 heteroatoms. The Hall–Kier alpha value is -1.59. The SMILES string of the molecule is CCCCCCCC(=O)OC[C@H](COC(=O)CCCCCCCCCCCCCCC(C)C)OC(=O)CCCCCCCCCCC(C)C. The number of unbranched alkanes of at least 4 members (excludes halogenated alkanes) is 22. The van der Waals surface area contributed by atoms with E-state index in [4.69, 9.17) is 14.2 Å². The molecule has 0 aromatic rings. The summed E-state index contributed by atoms with van der Waals surface area (Å²) in [5.74, 6) is 0.750. The summed E-state index contributed by atoms with van der Waals surface area (Å²) in [4.78, 5) is 37.3. The molecule has 0 unspecified atom stereocenters. The van der Waals surface area contributed by atoms with E-state index >= 15 is 0 Å². The van der Waals surface area contributed by atoms with Gasteiger partial charge in [0.2, 0.25) is 0 Å². The van der Waals surface area contributed by atoms with Gasteiger partial charge < -0.3 is 14.2 Å². The van der Waals surface area contributed by atoms with Crippen LogP contribution in [0.1, 0.15) is 227 Å². The average Bonchev–Trinajstić information content (AvgIpc) is 3.06. The van der Waals surface area contributed by atoms with E-state index in [-0.39, 0.29) is 31.1 Å². The molecule has 0 saturated heterocycles. The Bertz CT molecular complexity index is 749. The first-order chi connectivity index (χ1) is 23.7. The van der Waals surface area contributed by atoms with Crippen LogP contribution in [0.5, 0.6) is 0 Å². The monoisotopic (exact) mass is 695 g/mol. The van der Waals surface area contributed by atoms with Gasteiger partial charge >= 0.3 is 17.9 Å². The molecule has 0 aliphatic heterocycles. The van der Waals surface area contributed by atoms with E-state index < -0.39 is 6.10 Å². The van der Waals surface area contributed by atoms with Gasteiger partial charge in [0.05, 0.1) is 0 Å². The Kier molecular flexibility index (Phi) is 35.0. The predicted octanol–water partition coefficient (Wildman–Crippen LogP) is 13.0. The van der Waals surface area contributed by atoms with E-state index in [2.05, 4.69) is 34.6 Å². The van der Waals surface area contributed by atoms with Crippen LogP contribution in [-0.2, 0) is 28.6 Å². The van der Waals surface area contributed by atoms with E-state index in [0.717, 1.165) is 76.0 Å². The van der Waals surface area contributed by atoms with Crippen LogP contribution in [0.4, 0.5) is 0 Å². The quantitative estimate of drug-likeness (QED) is 0.0366. The summed E-state index contributed by atoms with van der Waals surface area (Å²) in [6.07, 6.45) is 32.6. The molecule has 0 radical (unpaired) electrons. The van der Waals surface area contributed by atoms with Crippen molar-refractivity contribution in [3.63, 3.8) is 0 Å². The molecule has 0 bridgehead atoms. The smallest absolute Gasteiger partial charge is 0.306 e. The Balaban J connectivity index is 4.20. The lowest BCUT2D eigenvalue weighted by atomic mass is 10.0. The number of carbonyl (C=O) groups is 3. The largest absolute Gasteiger partial charge is 0.462 e. The van der Waals surface area contributed by atoms with Crippen LogP contribution in [-0.4, -0.2) is 37.2 Å². The standard InChI is InChI=1S/C43H82O6/c1-6-7-8-21-28-33-41(44)47-36-40(49-43(46)35-30-25-20-16-15-18-23-27-32-39(4)5)37-48-42(45)34-29-24-19-14-12-10-9-11-13-17-22-26-31-38(2)3/h38-40H,6-37H2,1-5H3/t40-/m1/s1. The summed E-state index contributed by atoms with van der Waals surface area (Å²) in [5, 5.41) is 0. The molecule has 6 nitrogen and oxygen atoms in total. The maximum absolute atomic E-state index is 12.6. The molecule has 0 aliphatic carbocycles. The number of rotatable bonds is 37. The molecular weight excluding hydrogens is 612 g/mol. The average molecular weight is 695 g/mol. The number of esters is 3. The van der Waals surface area contributed by atoms with Gasteiger partial charge in [0.25, 0.3) is 0 Å². The van der Waals surface area contributed by atoms with Crippen LogP contribution < -0.4 is 0 Å². The Morgan fingerprint density at radius 2 is 0.673 bits per heavy atom. The Morgan fingerprint density at radius 3 is 1.00 bits per heavy atom. The molecule has 0 aromatic carbocycles. The van der Waals surface area contributed by atoms with Gasteiger partial charge in [0, 0.05) is 19.3 Å². The van der Waals surface area contributed by atoms with E-state index in [1.165, 1.54) is 109 Å². The zero-order valence-corrected chi connectivity index (χ0v) is 33.3. The maximum Gasteiger partial charge on any atom is 0.306 e. The first kappa shape index (κ1) is 47.4. The summed E-state index contributed by atoms with van der Waals surface area (Å²) < 4.78 is 16.6. The van der Waals surface area contributed by atoms with Crippen molar-refractivity contribution in [3.8, 4) is 0 Å². The van der Waals surface area contributed by atoms with E-state index in [9.17, 15) is 14.4 Å². The zero-order valence-electron chi connectivity index (χ0n) is 33.3. The molecule has 0 rings (SSSR count). The molecule has 0 aromatic heterocycles. The molecule has 0 saturated carbocycles. The number of hydrogen-bond acceptors (Lipinski definition) is 6. The second-order valence-electron chi connectivity index (χ2n) is 15.6. The minimum absolute atomic E-state index is 0.0666. The van der Waals surface area contributed by atoms with Crippen LogP contribution in [0.15, 0.2) is 0 Å². The first-order valence-electron chi connectivity index (χ1n) is 21.2. The van der Waals surface area contributed by atoms with Gasteiger partial charge in [-0.3, -0.25) is 14.4 Å². The van der Waals surface area contributed by atoms with Crippen molar-refractivity contribution in [2.24, 2.45) is 11.8 Å². The van der Waals surface area contributed by atoms with Gasteiger partial charge in [0.1, 0.15) is 13.2 Å². The lowest BCUT2D eigenvalue weighted by molar-refractivity contribution is -0.167. The third kappa shape index (κ3) is 37.5. The zero-order chi connectivity index (χ0) is 36.2. The summed E-state index contributed by atoms with van der Waals surface area (Å²) in [6.45, 7) is 11.2. The number of carbonyl (C=O) groups excluding carboxylic acids is 3. The second kappa shape index (κ2) is 36.2. The van der Waals surface area contributed by atoms with E-state index in [0.29, 0.717) is 19.3 Å². The van der Waals surface area contributed by atoms with E-state index in [1.807, 2.05) is 0 Å². The Morgan fingerprint density at radius 1 is 0.388 bits per heavy atom. The van der Waals surface area contributed by atoms with Gasteiger partial charge in [-0.1, -0.05) is 189 Å². The van der Waals surface area contributed by atoms with Gasteiger partial charge in [-0.2, -0.15) is 0 Å². The van der Waals surface area contributed by atoms with Crippen molar-refractivity contribution in [3.05, 3.63) is 0 Å². The summed E-state index contributed by atoms with van der Waals surface area (Å²) in [7, 11) is 0. The fourth-order valence-corrected chi connectivity index (χ4v) is 6.22. The molecule has 0 heterocycles. The van der Waals surface area contributed by atoms with Crippen molar-refractivity contribution < 1.29 is 28.6 Å². The lowest BCUT2D eigenvalue weighted by Crippen LogP contribution is -2.30. The normalized spacial score (nSPS) is 12.1. The van der Waals surface area contributed by atoms with Crippen molar-refractivity contribution in [2.45, 2.75) is 233 Å². The molecule has 49 heavy (non-hydrogen) atoms. The van der Waals surface area contributed by atoms with Crippen LogP contribution in [0.3, 0.4) is 0 Å². The molecule has 0 spiro atoms. The minimum atomic E-state index is -0.758. The highest BCUT2D eigenvalue weighted by molar-refractivity contribution is 5.71. The molecular formula is C43H82O6. The molecule has 0 aliphatic rings. The topological polar surface area (TPSA) is 78.9 Å². The minimum Gasteiger partial charge on any atom is -0.462 e. The van der Waals surface area contributed by atoms with Gasteiger partial charge in [0.15, 0.2) is 6.10 Å². The first-order valence-corrected chi connectivity index (χ1v) is 21.2. The predicted molar refractivity (Wildman–Crippen MR) is 206 cm³/mol. The molecule has 0 amide bonds. The van der Waals surface area contributed by atoms with Gasteiger partial charge in [-0.25, -0.2) is 0 Å². The molecule has 0 N–H and O–H groups in total. The second-order valence-corrected chi connectivity index (χ2v) is 15.6. The highest BCUT2D eigenvalue weighted by Gasteiger charge is 2.19. The van der Waals surface area contributed by atoms with Crippen molar-refractivity contribution >= 4 is 17.9 Å². The lowest BCUT2D eigenvalue weighted by Gasteiger charge is -2.18. The summed E-state index contributed by atoms with van der Waals surface area (Å²) in [5.41, 5.74) is 0. The molecule has 0 fully saturated rings. The summed E-state index contributed by atoms with van der Waals surface area (Å²) >= 11 is 0. The van der Waals surface area contributed by atoms with Crippen LogP contribution in [0, 0.1) is 11.8 Å². The highest BCUT2D eigenvalue weighted by Crippen LogP contribution is 2.16. The number of hydrogen-bond donors (Lipinski definition) is 0. The van der Waals surface area contributed by atoms with Gasteiger partial charge in [-0.15, -0.1) is 0 Å². The third-order valence-electron chi connectivity index (χ3n) is 9.47. The van der Waals surface area contributed by atoms with Crippen LogP contribution in [0.25, 0.3) is 0 Å². The van der Waals surface area contributed by atoms with Crippen LogP contribution in [0.2, 0.25) is 0 Å². The Labute approximate surface area is 304 Å². The highest BCUT2D eigenvalue weighted by atomic mass is 16.6. The fraction of sp³-hybridized carbons (Fsp3) is 0.930. The van der Waals surface area contributed by atoms with Crippen molar-refractivity contribution in [1.82, 2.24) is 0 Å². The third-order valence-corrected chi connectivity index (χ3v) is 9.47. The van der Waals surface area contributed by atoms with Crippen molar-refractivity contribution in [1.29, 1.82) is 0 Å². The van der Waals surface area contributed by atoms with Crippen LogP contribution >= 0.6 is 0 Å². The maximum atomic E-state index is 12.6. The fourth-order valence-electron chi connectivity index (χ4n) is 6.22. The van der Waals surface area contributed by atoms with E-state index in [1.54, 1.807) is 0 Å². The van der Waals surface area contributed by atoms with Crippen molar-refractivity contribution in [2.75, 3.05) is 13.2 Å².